The SMILES string of the molecule is C1=CCCC(C2=CC=CCC2)=C1.CF. The molecule has 0 aliphatic heterocycles. The molecule has 0 aromatic heterocycles. The predicted octanol–water partition coefficient (Wildman–Crippen LogP) is 4.12. The van der Waals surface area contributed by atoms with E-state index in [0.717, 1.165) is 0 Å². The fourth-order valence-electron chi connectivity index (χ4n) is 1.74. The van der Waals surface area contributed by atoms with Crippen LogP contribution in [0.3, 0.4) is 0 Å². The number of hydrogen-bond acceptors (Lipinski definition) is 0. The third kappa shape index (κ3) is 2.99. The van der Waals surface area contributed by atoms with Crippen molar-refractivity contribution in [1.29, 1.82) is 0 Å². The van der Waals surface area contributed by atoms with Crippen LogP contribution in [0.5, 0.6) is 0 Å². The van der Waals surface area contributed by atoms with Gasteiger partial charge in [-0.15, -0.1) is 0 Å². The molecule has 76 valence electrons. The molecule has 0 aromatic rings. The van der Waals surface area contributed by atoms with Crippen LogP contribution in [0.25, 0.3) is 0 Å². The van der Waals surface area contributed by atoms with Gasteiger partial charge >= 0.3 is 0 Å². The van der Waals surface area contributed by atoms with Crippen molar-refractivity contribution in [2.45, 2.75) is 25.7 Å². The van der Waals surface area contributed by atoms with Crippen LogP contribution in [0.4, 0.5) is 4.39 Å². The van der Waals surface area contributed by atoms with Gasteiger partial charge in [-0.3, -0.25) is 4.39 Å². The average molecular weight is 192 g/mol. The molecule has 0 unspecified atom stereocenters. The largest absolute Gasteiger partial charge is 0.255 e. The molecule has 0 bridgehead atoms. The first-order valence-electron chi connectivity index (χ1n) is 5.06. The second kappa shape index (κ2) is 6.36. The smallest absolute Gasteiger partial charge is 0.0785 e. The Balaban J connectivity index is 0.000000461. The Labute approximate surface area is 85.5 Å². The molecule has 0 amide bonds. The second-order valence-electron chi connectivity index (χ2n) is 3.32. The van der Waals surface area contributed by atoms with E-state index < -0.39 is 0 Å². The van der Waals surface area contributed by atoms with E-state index in [9.17, 15) is 4.39 Å². The zero-order valence-electron chi connectivity index (χ0n) is 8.67. The Kier molecular flexibility index (Phi) is 4.98. The van der Waals surface area contributed by atoms with Crippen molar-refractivity contribution in [2.24, 2.45) is 0 Å². The number of hydrogen-bond donors (Lipinski definition) is 0. The lowest BCUT2D eigenvalue weighted by molar-refractivity contribution is 0.636. The molecule has 0 saturated heterocycles. The highest BCUT2D eigenvalue weighted by molar-refractivity contribution is 5.39. The standard InChI is InChI=1S/C12H14.CH3F/c1-3-7-11(8-4-1)12-9-5-2-6-10-12;1-2/h1-3,5,7,9H,4,6,8,10H2;1H3. The summed E-state index contributed by atoms with van der Waals surface area (Å²) in [5.74, 6) is 0. The predicted molar refractivity (Wildman–Crippen MR) is 59.9 cm³/mol. The van der Waals surface area contributed by atoms with E-state index >= 15 is 0 Å². The molecule has 0 aromatic carbocycles. The van der Waals surface area contributed by atoms with Crippen LogP contribution >= 0.6 is 0 Å². The quantitative estimate of drug-likeness (QED) is 0.586. The van der Waals surface area contributed by atoms with Gasteiger partial charge in [-0.2, -0.15) is 0 Å². The van der Waals surface area contributed by atoms with E-state index in [1.54, 1.807) is 11.1 Å². The van der Waals surface area contributed by atoms with E-state index in [-0.39, 0.29) is 0 Å². The van der Waals surface area contributed by atoms with Crippen molar-refractivity contribution in [3.8, 4) is 0 Å². The number of rotatable bonds is 1. The fraction of sp³-hybridized carbons (Fsp3) is 0.385. The van der Waals surface area contributed by atoms with Crippen LogP contribution in [0.2, 0.25) is 0 Å². The summed E-state index contributed by atoms with van der Waals surface area (Å²) in [6.07, 6.45) is 18.2. The summed E-state index contributed by atoms with van der Waals surface area (Å²) in [7, 11) is 0.500. The molecule has 2 rings (SSSR count). The lowest BCUT2D eigenvalue weighted by Gasteiger charge is -2.14. The van der Waals surface area contributed by atoms with E-state index in [1.807, 2.05) is 0 Å². The van der Waals surface area contributed by atoms with E-state index in [0.29, 0.717) is 7.18 Å². The molecular formula is C13H17F. The molecular weight excluding hydrogens is 175 g/mol. The van der Waals surface area contributed by atoms with Crippen LogP contribution in [0.15, 0.2) is 47.6 Å². The van der Waals surface area contributed by atoms with Crippen LogP contribution in [0, 0.1) is 0 Å². The summed E-state index contributed by atoms with van der Waals surface area (Å²) >= 11 is 0. The first kappa shape index (κ1) is 11.0. The van der Waals surface area contributed by atoms with Gasteiger partial charge in [-0.05, 0) is 36.8 Å². The van der Waals surface area contributed by atoms with Gasteiger partial charge in [0.2, 0.25) is 0 Å². The van der Waals surface area contributed by atoms with Crippen LogP contribution in [-0.4, -0.2) is 7.18 Å². The van der Waals surface area contributed by atoms with Gasteiger partial charge < -0.3 is 0 Å². The average Bonchev–Trinajstić information content (AvgIpc) is 2.34. The molecule has 14 heavy (non-hydrogen) atoms. The highest BCUT2D eigenvalue weighted by atomic mass is 19.1. The van der Waals surface area contributed by atoms with Gasteiger partial charge in [-0.1, -0.05) is 36.5 Å². The maximum atomic E-state index is 9.50. The number of alkyl halides is 1. The molecule has 0 fully saturated rings. The van der Waals surface area contributed by atoms with Gasteiger partial charge in [-0.25, -0.2) is 0 Å². The fourth-order valence-corrected chi connectivity index (χ4v) is 1.74. The van der Waals surface area contributed by atoms with Crippen molar-refractivity contribution in [2.75, 3.05) is 7.18 Å². The molecule has 0 heterocycles. The highest BCUT2D eigenvalue weighted by Crippen LogP contribution is 2.25. The Morgan fingerprint density at radius 1 is 0.857 bits per heavy atom. The van der Waals surface area contributed by atoms with Crippen molar-refractivity contribution in [3.05, 3.63) is 47.6 Å². The van der Waals surface area contributed by atoms with Gasteiger partial charge in [0.15, 0.2) is 0 Å². The van der Waals surface area contributed by atoms with Crippen molar-refractivity contribution in [3.63, 3.8) is 0 Å². The van der Waals surface area contributed by atoms with Crippen molar-refractivity contribution in [1.82, 2.24) is 0 Å². The highest BCUT2D eigenvalue weighted by Gasteiger charge is 2.06. The van der Waals surface area contributed by atoms with Crippen LogP contribution < -0.4 is 0 Å². The zero-order valence-corrected chi connectivity index (χ0v) is 8.67. The molecule has 0 spiro atoms. The van der Waals surface area contributed by atoms with Crippen molar-refractivity contribution >= 4 is 0 Å². The van der Waals surface area contributed by atoms with Crippen molar-refractivity contribution < 1.29 is 4.39 Å². The zero-order chi connectivity index (χ0) is 10.2. The Morgan fingerprint density at radius 3 is 1.57 bits per heavy atom. The third-order valence-electron chi connectivity index (χ3n) is 2.44. The topological polar surface area (TPSA) is 0 Å². The maximum absolute atomic E-state index is 9.50. The van der Waals surface area contributed by atoms with Gasteiger partial charge in [0.05, 0.1) is 7.18 Å². The molecule has 2 aliphatic rings. The molecule has 1 heteroatoms. The maximum Gasteiger partial charge on any atom is 0.0785 e. The Morgan fingerprint density at radius 2 is 1.29 bits per heavy atom. The van der Waals surface area contributed by atoms with E-state index in [1.165, 1.54) is 25.7 Å². The Hall–Kier alpha value is -1.11. The molecule has 0 saturated carbocycles. The summed E-state index contributed by atoms with van der Waals surface area (Å²) in [5, 5.41) is 0. The Bertz CT molecular complexity index is 250. The lowest BCUT2D eigenvalue weighted by atomic mass is 9.92. The summed E-state index contributed by atoms with van der Waals surface area (Å²) < 4.78 is 9.50. The summed E-state index contributed by atoms with van der Waals surface area (Å²) in [4.78, 5) is 0. The minimum absolute atomic E-state index is 0.500. The van der Waals surface area contributed by atoms with Gasteiger partial charge in [0.25, 0.3) is 0 Å². The third-order valence-corrected chi connectivity index (χ3v) is 2.44. The second-order valence-corrected chi connectivity index (χ2v) is 3.32. The normalized spacial score (nSPS) is 19.3. The van der Waals surface area contributed by atoms with Crippen LogP contribution in [-0.2, 0) is 0 Å². The minimum atomic E-state index is 0.500. The molecule has 2 aliphatic carbocycles. The monoisotopic (exact) mass is 192 g/mol. The minimum Gasteiger partial charge on any atom is -0.255 e. The summed E-state index contributed by atoms with van der Waals surface area (Å²) in [6.45, 7) is 0. The molecule has 0 radical (unpaired) electrons. The number of allylic oxidation sites excluding steroid dienone is 8. The molecule has 0 N–H and O–H groups in total. The molecule has 0 atom stereocenters. The molecule has 0 nitrogen and oxygen atoms in total. The number of halogens is 1. The summed E-state index contributed by atoms with van der Waals surface area (Å²) in [5.41, 5.74) is 3.09. The first-order chi connectivity index (χ1) is 6.97. The van der Waals surface area contributed by atoms with E-state index in [4.69, 9.17) is 0 Å². The first-order valence-corrected chi connectivity index (χ1v) is 5.06. The summed E-state index contributed by atoms with van der Waals surface area (Å²) in [6, 6.07) is 0. The van der Waals surface area contributed by atoms with Crippen LogP contribution in [0.1, 0.15) is 25.7 Å². The van der Waals surface area contributed by atoms with Gasteiger partial charge in [0, 0.05) is 0 Å². The lowest BCUT2D eigenvalue weighted by Crippen LogP contribution is -1.94. The van der Waals surface area contributed by atoms with E-state index in [2.05, 4.69) is 36.5 Å². The van der Waals surface area contributed by atoms with Gasteiger partial charge in [0.1, 0.15) is 0 Å².